The van der Waals surface area contributed by atoms with E-state index in [2.05, 4.69) is 26.0 Å². The van der Waals surface area contributed by atoms with Crippen molar-refractivity contribution in [3.05, 3.63) is 12.2 Å². The third-order valence-corrected chi connectivity index (χ3v) is 12.0. The third-order valence-electron chi connectivity index (χ3n) is 11.0. The van der Waals surface area contributed by atoms with Gasteiger partial charge in [0, 0.05) is 13.0 Å². The Morgan fingerprint density at radius 3 is 1.29 bits per heavy atom. The van der Waals surface area contributed by atoms with Crippen molar-refractivity contribution in [1.82, 2.24) is 0 Å². The number of allylic oxidation sites excluding steroid dienone is 2. The minimum absolute atomic E-state index is 0.0222. The van der Waals surface area contributed by atoms with Gasteiger partial charge in [-0.1, -0.05) is 212 Å². The monoisotopic (exact) mass is 860 g/mol. The minimum atomic E-state index is -4.61. The van der Waals surface area contributed by atoms with E-state index < -0.39 is 45.1 Å². The molecule has 10 nitrogen and oxygen atoms in total. The van der Waals surface area contributed by atoms with Crippen LogP contribution < -0.4 is 5.73 Å². The van der Waals surface area contributed by atoms with Crippen LogP contribution >= 0.6 is 7.82 Å². The first-order chi connectivity index (χ1) is 28.7. The second-order valence-corrected chi connectivity index (χ2v) is 18.4. The van der Waals surface area contributed by atoms with E-state index in [9.17, 15) is 19.0 Å². The topological polar surface area (TPSA) is 155 Å². The van der Waals surface area contributed by atoms with Crippen LogP contribution in [0.5, 0.6) is 0 Å². The number of carbonyl (C=O) groups is 2. The van der Waals surface area contributed by atoms with E-state index in [0.29, 0.717) is 6.61 Å². The quantitative estimate of drug-likeness (QED) is 0.0233. The maximum absolute atomic E-state index is 12.7. The van der Waals surface area contributed by atoms with Crippen LogP contribution in [0.15, 0.2) is 12.2 Å². The summed E-state index contributed by atoms with van der Waals surface area (Å²) in [5.41, 5.74) is 5.37. The molecule has 4 N–H and O–H groups in total. The number of aliphatic carboxylic acids is 1. The van der Waals surface area contributed by atoms with Gasteiger partial charge in [-0.25, -0.2) is 4.57 Å². The Bertz CT molecular complexity index is 998. The molecule has 11 heteroatoms. The van der Waals surface area contributed by atoms with E-state index in [4.69, 9.17) is 29.4 Å². The molecule has 0 heterocycles. The standard InChI is InChI=1S/C48H94NO9P/c1-3-5-7-9-11-13-15-17-19-21-22-23-25-27-29-31-33-35-37-39-41-55-42-45(43-56-59(53,54)57-44-46(49)48(51)52)58-47(50)40-38-36-34-32-30-28-26-24-20-18-16-14-12-10-8-6-4-2/h17,19,45-46H,3-16,18,20-44,49H2,1-2H3,(H,51,52)(H,53,54)/b19-17-. The molecule has 0 amide bonds. The summed E-state index contributed by atoms with van der Waals surface area (Å²) in [5.74, 6) is -1.77. The Balaban J connectivity index is 4.12. The van der Waals surface area contributed by atoms with Gasteiger partial charge >= 0.3 is 19.8 Å². The van der Waals surface area contributed by atoms with Crippen LogP contribution in [0.1, 0.15) is 245 Å². The number of esters is 1. The van der Waals surface area contributed by atoms with Gasteiger partial charge in [0.05, 0.1) is 19.8 Å². The largest absolute Gasteiger partial charge is 0.480 e. The summed E-state index contributed by atoms with van der Waals surface area (Å²) in [5, 5.41) is 8.92. The lowest BCUT2D eigenvalue weighted by atomic mass is 10.0. The van der Waals surface area contributed by atoms with Crippen LogP contribution in [0.25, 0.3) is 0 Å². The molecule has 0 saturated heterocycles. The second kappa shape index (κ2) is 44.8. The molecule has 0 aliphatic carbocycles. The van der Waals surface area contributed by atoms with E-state index in [1.54, 1.807) is 0 Å². The van der Waals surface area contributed by atoms with Gasteiger partial charge in [-0.3, -0.25) is 18.6 Å². The molecule has 59 heavy (non-hydrogen) atoms. The van der Waals surface area contributed by atoms with Crippen molar-refractivity contribution in [3.8, 4) is 0 Å². The molecule has 3 unspecified atom stereocenters. The van der Waals surface area contributed by atoms with Gasteiger partial charge in [-0.05, 0) is 38.5 Å². The average Bonchev–Trinajstić information content (AvgIpc) is 3.21. The van der Waals surface area contributed by atoms with E-state index >= 15 is 0 Å². The number of rotatable bonds is 48. The van der Waals surface area contributed by atoms with Crippen LogP contribution in [0.4, 0.5) is 0 Å². The van der Waals surface area contributed by atoms with Gasteiger partial charge in [-0.2, -0.15) is 0 Å². The number of phosphoric acid groups is 1. The zero-order valence-electron chi connectivity index (χ0n) is 38.4. The second-order valence-electron chi connectivity index (χ2n) is 17.0. The van der Waals surface area contributed by atoms with E-state index in [0.717, 1.165) is 38.5 Å². The normalized spacial score (nSPS) is 13.8. The number of carboxylic acids is 1. The number of hydrogen-bond acceptors (Lipinski definition) is 8. The molecule has 0 aromatic carbocycles. The highest BCUT2D eigenvalue weighted by Crippen LogP contribution is 2.43. The first kappa shape index (κ1) is 57.7. The molecule has 0 saturated carbocycles. The molecule has 0 rings (SSSR count). The Hall–Kier alpha value is -1.29. The van der Waals surface area contributed by atoms with Crippen molar-refractivity contribution in [3.63, 3.8) is 0 Å². The summed E-state index contributed by atoms with van der Waals surface area (Å²) in [6, 6.07) is -1.47. The minimum Gasteiger partial charge on any atom is -0.480 e. The van der Waals surface area contributed by atoms with Crippen LogP contribution in [-0.2, 0) is 32.7 Å². The first-order valence-corrected chi connectivity index (χ1v) is 26.2. The Morgan fingerprint density at radius 2 is 0.881 bits per heavy atom. The van der Waals surface area contributed by atoms with Crippen LogP contribution in [-0.4, -0.2) is 60.5 Å². The van der Waals surface area contributed by atoms with Crippen molar-refractivity contribution in [2.75, 3.05) is 26.4 Å². The number of carbonyl (C=O) groups excluding carboxylic acids is 1. The summed E-state index contributed by atoms with van der Waals surface area (Å²) in [4.78, 5) is 33.6. The molecule has 3 atom stereocenters. The molecule has 0 aliphatic heterocycles. The van der Waals surface area contributed by atoms with Crippen molar-refractivity contribution in [2.45, 2.75) is 257 Å². The molecule has 0 fully saturated rings. The fraction of sp³-hybridized carbons (Fsp3) is 0.917. The molecule has 0 radical (unpaired) electrons. The predicted octanol–water partition coefficient (Wildman–Crippen LogP) is 14.1. The average molecular weight is 860 g/mol. The fourth-order valence-electron chi connectivity index (χ4n) is 7.19. The van der Waals surface area contributed by atoms with E-state index in [1.807, 2.05) is 0 Å². The molecule has 0 aliphatic rings. The number of carboxylic acid groups (broad SMARTS) is 1. The van der Waals surface area contributed by atoms with Crippen molar-refractivity contribution in [1.29, 1.82) is 0 Å². The molecule has 0 bridgehead atoms. The highest BCUT2D eigenvalue weighted by atomic mass is 31.2. The van der Waals surface area contributed by atoms with E-state index in [1.165, 1.54) is 186 Å². The SMILES string of the molecule is CCCCCCCC/C=C\CCCCCCCCCCCCOCC(COP(=O)(O)OCC(N)C(=O)O)OC(=O)CCCCCCCCCCCCCCCCCCC. The van der Waals surface area contributed by atoms with Crippen LogP contribution in [0.2, 0.25) is 0 Å². The zero-order chi connectivity index (χ0) is 43.3. The van der Waals surface area contributed by atoms with Crippen molar-refractivity contribution < 1.29 is 42.7 Å². The van der Waals surface area contributed by atoms with Crippen molar-refractivity contribution >= 4 is 19.8 Å². The van der Waals surface area contributed by atoms with Gasteiger partial charge in [0.2, 0.25) is 0 Å². The van der Waals surface area contributed by atoms with Gasteiger partial charge in [-0.15, -0.1) is 0 Å². The fourth-order valence-corrected chi connectivity index (χ4v) is 7.97. The number of nitrogens with two attached hydrogens (primary N) is 1. The molecular formula is C48H94NO9P. The molecule has 0 aromatic rings. The van der Waals surface area contributed by atoms with Crippen LogP contribution in [0, 0.1) is 0 Å². The summed E-state index contributed by atoms with van der Waals surface area (Å²) >= 11 is 0. The molecule has 0 spiro atoms. The van der Waals surface area contributed by atoms with Gasteiger partial charge < -0.3 is 25.2 Å². The number of hydrogen-bond donors (Lipinski definition) is 3. The summed E-state index contributed by atoms with van der Waals surface area (Å²) in [6.45, 7) is 3.93. The van der Waals surface area contributed by atoms with Crippen molar-refractivity contribution in [2.24, 2.45) is 5.73 Å². The number of phosphoric ester groups is 1. The van der Waals surface area contributed by atoms with E-state index in [-0.39, 0.29) is 13.0 Å². The lowest BCUT2D eigenvalue weighted by Crippen LogP contribution is -2.34. The summed E-state index contributed by atoms with van der Waals surface area (Å²) in [6.07, 6.45) is 48.3. The lowest BCUT2D eigenvalue weighted by Gasteiger charge is -2.20. The number of unbranched alkanes of at least 4 members (excludes halogenated alkanes) is 32. The maximum Gasteiger partial charge on any atom is 0.472 e. The van der Waals surface area contributed by atoms with Crippen LogP contribution in [0.3, 0.4) is 0 Å². The Morgan fingerprint density at radius 1 is 0.525 bits per heavy atom. The lowest BCUT2D eigenvalue weighted by molar-refractivity contribution is -0.154. The molecule has 350 valence electrons. The predicted molar refractivity (Wildman–Crippen MR) is 245 cm³/mol. The number of ether oxygens (including phenoxy) is 2. The Kier molecular flexibility index (Phi) is 43.8. The van der Waals surface area contributed by atoms with Gasteiger partial charge in [0.25, 0.3) is 0 Å². The highest BCUT2D eigenvalue weighted by Gasteiger charge is 2.27. The Labute approximate surface area is 362 Å². The van der Waals surface area contributed by atoms with Gasteiger partial charge in [0.15, 0.2) is 0 Å². The maximum atomic E-state index is 12.7. The zero-order valence-corrected chi connectivity index (χ0v) is 39.3. The molecule has 0 aromatic heterocycles. The highest BCUT2D eigenvalue weighted by molar-refractivity contribution is 7.47. The summed E-state index contributed by atoms with van der Waals surface area (Å²) in [7, 11) is -4.61. The summed E-state index contributed by atoms with van der Waals surface area (Å²) < 4.78 is 33.5. The van der Waals surface area contributed by atoms with Gasteiger partial charge in [0.1, 0.15) is 12.1 Å². The third kappa shape index (κ3) is 44.6. The molecular weight excluding hydrogens is 765 g/mol. The smallest absolute Gasteiger partial charge is 0.472 e. The first-order valence-electron chi connectivity index (χ1n) is 24.7.